The highest BCUT2D eigenvalue weighted by atomic mass is 35.5. The summed E-state index contributed by atoms with van der Waals surface area (Å²) in [6.45, 7) is 6.30. The summed E-state index contributed by atoms with van der Waals surface area (Å²) in [5.41, 5.74) is 2.70. The standard InChI is InChI=1S/C19H26N2.2ClH/c1-2-17(13-20-15-18-9-5-3-6-10-18)14-21-16-19-11-7-4-8-12-19;;/h3-12,17,20-21H,2,13-16H2,1H3;2*1H. The van der Waals surface area contributed by atoms with Gasteiger partial charge in [-0.05, 0) is 30.1 Å². The van der Waals surface area contributed by atoms with E-state index in [2.05, 4.69) is 78.2 Å². The predicted octanol–water partition coefficient (Wildman–Crippen LogP) is 4.44. The van der Waals surface area contributed by atoms with Gasteiger partial charge in [-0.15, -0.1) is 24.8 Å². The first-order valence-corrected chi connectivity index (χ1v) is 7.87. The Kier molecular flexibility index (Phi) is 12.8. The molecule has 2 aromatic carbocycles. The highest BCUT2D eigenvalue weighted by Crippen LogP contribution is 2.03. The van der Waals surface area contributed by atoms with Crippen LogP contribution in [0.3, 0.4) is 0 Å². The molecule has 0 aliphatic heterocycles. The van der Waals surface area contributed by atoms with Gasteiger partial charge in [-0.1, -0.05) is 74.0 Å². The number of hydrogen-bond acceptors (Lipinski definition) is 2. The van der Waals surface area contributed by atoms with Crippen molar-refractivity contribution in [3.8, 4) is 0 Å². The van der Waals surface area contributed by atoms with E-state index in [9.17, 15) is 0 Å². The van der Waals surface area contributed by atoms with Crippen LogP contribution in [0.25, 0.3) is 0 Å². The van der Waals surface area contributed by atoms with E-state index in [4.69, 9.17) is 0 Å². The zero-order valence-corrected chi connectivity index (χ0v) is 15.3. The molecule has 0 saturated heterocycles. The van der Waals surface area contributed by atoms with E-state index in [1.54, 1.807) is 0 Å². The minimum absolute atomic E-state index is 0. The summed E-state index contributed by atoms with van der Waals surface area (Å²) in [5, 5.41) is 7.12. The Balaban J connectivity index is 0.00000242. The van der Waals surface area contributed by atoms with Gasteiger partial charge in [0.15, 0.2) is 0 Å². The average molecular weight is 355 g/mol. The molecule has 0 aliphatic carbocycles. The van der Waals surface area contributed by atoms with E-state index in [-0.39, 0.29) is 24.8 Å². The van der Waals surface area contributed by atoms with Gasteiger partial charge in [0.25, 0.3) is 0 Å². The molecule has 0 unspecified atom stereocenters. The third kappa shape index (κ3) is 8.97. The molecule has 2 N–H and O–H groups in total. The highest BCUT2D eigenvalue weighted by Gasteiger charge is 2.05. The predicted molar refractivity (Wildman–Crippen MR) is 105 cm³/mol. The smallest absolute Gasteiger partial charge is 0.0205 e. The lowest BCUT2D eigenvalue weighted by atomic mass is 10.1. The quantitative estimate of drug-likeness (QED) is 0.695. The van der Waals surface area contributed by atoms with Gasteiger partial charge in [0.2, 0.25) is 0 Å². The van der Waals surface area contributed by atoms with Crippen LogP contribution in [0.1, 0.15) is 24.5 Å². The summed E-state index contributed by atoms with van der Waals surface area (Å²) < 4.78 is 0. The minimum Gasteiger partial charge on any atom is -0.312 e. The Morgan fingerprint density at radius 2 is 1.09 bits per heavy atom. The highest BCUT2D eigenvalue weighted by molar-refractivity contribution is 5.85. The SMILES string of the molecule is CCC(CNCc1ccccc1)CNCc1ccccc1.Cl.Cl. The largest absolute Gasteiger partial charge is 0.312 e. The van der Waals surface area contributed by atoms with Crippen LogP contribution < -0.4 is 10.6 Å². The molecule has 0 spiro atoms. The van der Waals surface area contributed by atoms with Gasteiger partial charge < -0.3 is 10.6 Å². The van der Waals surface area contributed by atoms with Gasteiger partial charge in [-0.25, -0.2) is 0 Å². The molecule has 0 radical (unpaired) electrons. The van der Waals surface area contributed by atoms with Crippen molar-refractivity contribution in [2.24, 2.45) is 5.92 Å². The van der Waals surface area contributed by atoms with Crippen molar-refractivity contribution in [1.29, 1.82) is 0 Å². The van der Waals surface area contributed by atoms with Gasteiger partial charge in [0.1, 0.15) is 0 Å². The fraction of sp³-hybridized carbons (Fsp3) is 0.368. The fourth-order valence-corrected chi connectivity index (χ4v) is 2.39. The monoisotopic (exact) mass is 354 g/mol. The molecule has 0 aliphatic rings. The molecule has 0 bridgehead atoms. The number of benzene rings is 2. The van der Waals surface area contributed by atoms with Crippen molar-refractivity contribution in [3.05, 3.63) is 71.8 Å². The van der Waals surface area contributed by atoms with Crippen molar-refractivity contribution in [3.63, 3.8) is 0 Å². The van der Waals surface area contributed by atoms with E-state index >= 15 is 0 Å². The van der Waals surface area contributed by atoms with Crippen LogP contribution in [0.15, 0.2) is 60.7 Å². The molecule has 4 heteroatoms. The minimum atomic E-state index is 0. The Morgan fingerprint density at radius 1 is 0.696 bits per heavy atom. The lowest BCUT2D eigenvalue weighted by molar-refractivity contribution is 0.429. The van der Waals surface area contributed by atoms with E-state index in [1.165, 1.54) is 17.5 Å². The molecule has 0 aromatic heterocycles. The Hall–Kier alpha value is -1.06. The molecule has 23 heavy (non-hydrogen) atoms. The van der Waals surface area contributed by atoms with Gasteiger partial charge in [0, 0.05) is 13.1 Å². The molecule has 0 fully saturated rings. The van der Waals surface area contributed by atoms with Crippen molar-refractivity contribution in [2.45, 2.75) is 26.4 Å². The van der Waals surface area contributed by atoms with Gasteiger partial charge >= 0.3 is 0 Å². The zero-order valence-electron chi connectivity index (χ0n) is 13.7. The second kappa shape index (κ2) is 13.4. The first-order valence-electron chi connectivity index (χ1n) is 7.87. The van der Waals surface area contributed by atoms with Crippen LogP contribution >= 0.6 is 24.8 Å². The number of rotatable bonds is 9. The molecule has 0 atom stereocenters. The molecular formula is C19H28Cl2N2. The molecule has 0 amide bonds. The van der Waals surface area contributed by atoms with Crippen LogP contribution in [-0.4, -0.2) is 13.1 Å². The number of hydrogen-bond donors (Lipinski definition) is 2. The molecule has 0 heterocycles. The second-order valence-corrected chi connectivity index (χ2v) is 5.51. The summed E-state index contributed by atoms with van der Waals surface area (Å²) in [6, 6.07) is 21.2. The second-order valence-electron chi connectivity index (χ2n) is 5.51. The lowest BCUT2D eigenvalue weighted by Gasteiger charge is -2.16. The zero-order chi connectivity index (χ0) is 14.8. The van der Waals surface area contributed by atoms with Crippen molar-refractivity contribution in [1.82, 2.24) is 10.6 Å². The molecular weight excluding hydrogens is 327 g/mol. The Morgan fingerprint density at radius 3 is 1.43 bits per heavy atom. The topological polar surface area (TPSA) is 24.1 Å². The van der Waals surface area contributed by atoms with Gasteiger partial charge in [-0.2, -0.15) is 0 Å². The fourth-order valence-electron chi connectivity index (χ4n) is 2.39. The van der Waals surface area contributed by atoms with Crippen molar-refractivity contribution in [2.75, 3.05) is 13.1 Å². The van der Waals surface area contributed by atoms with Gasteiger partial charge in [0.05, 0.1) is 0 Å². The van der Waals surface area contributed by atoms with E-state index < -0.39 is 0 Å². The number of nitrogens with one attached hydrogen (secondary N) is 2. The number of halogens is 2. The Bertz CT molecular complexity index is 446. The van der Waals surface area contributed by atoms with Gasteiger partial charge in [-0.3, -0.25) is 0 Å². The molecule has 128 valence electrons. The summed E-state index contributed by atoms with van der Waals surface area (Å²) in [4.78, 5) is 0. The van der Waals surface area contributed by atoms with Crippen LogP contribution in [0, 0.1) is 5.92 Å². The average Bonchev–Trinajstić information content (AvgIpc) is 2.55. The summed E-state index contributed by atoms with van der Waals surface area (Å²) in [7, 11) is 0. The summed E-state index contributed by atoms with van der Waals surface area (Å²) >= 11 is 0. The van der Waals surface area contributed by atoms with Crippen LogP contribution in [0.5, 0.6) is 0 Å². The maximum absolute atomic E-state index is 3.56. The maximum atomic E-state index is 3.56. The van der Waals surface area contributed by atoms with Crippen LogP contribution in [0.2, 0.25) is 0 Å². The first-order chi connectivity index (χ1) is 10.4. The summed E-state index contributed by atoms with van der Waals surface area (Å²) in [5.74, 6) is 0.678. The van der Waals surface area contributed by atoms with Crippen molar-refractivity contribution < 1.29 is 0 Å². The molecule has 2 nitrogen and oxygen atoms in total. The maximum Gasteiger partial charge on any atom is 0.0205 e. The Labute approximate surface area is 152 Å². The van der Waals surface area contributed by atoms with Crippen LogP contribution in [-0.2, 0) is 13.1 Å². The third-order valence-electron chi connectivity index (χ3n) is 3.79. The normalized spacial score (nSPS) is 10.0. The summed E-state index contributed by atoms with van der Waals surface area (Å²) in [6.07, 6.45) is 1.20. The van der Waals surface area contributed by atoms with E-state index in [0.29, 0.717) is 5.92 Å². The first kappa shape index (κ1) is 21.9. The molecule has 2 rings (SSSR count). The molecule has 0 saturated carbocycles. The van der Waals surface area contributed by atoms with E-state index in [0.717, 1.165) is 26.2 Å². The molecule has 2 aromatic rings. The lowest BCUT2D eigenvalue weighted by Crippen LogP contribution is -2.30. The van der Waals surface area contributed by atoms with E-state index in [1.807, 2.05) is 0 Å². The van der Waals surface area contributed by atoms with Crippen molar-refractivity contribution >= 4 is 24.8 Å². The third-order valence-corrected chi connectivity index (χ3v) is 3.79. The van der Waals surface area contributed by atoms with Crippen LogP contribution in [0.4, 0.5) is 0 Å².